The Labute approximate surface area is 428 Å². The van der Waals surface area contributed by atoms with E-state index in [1.54, 1.807) is 24.5 Å². The van der Waals surface area contributed by atoms with Gasteiger partial charge >= 0.3 is 6.01 Å². The molecular formula is C58H64F2N8O6. The molecule has 13 rings (SSSR count). The number of aryl methyl sites for hydroxylation is 1. The lowest BCUT2D eigenvalue weighted by molar-refractivity contribution is -0.151. The largest absolute Gasteiger partial charge is 0.508 e. The number of phenolic OH excluding ortho intramolecular Hbond substituents is 1. The first-order valence-corrected chi connectivity index (χ1v) is 27.1. The van der Waals surface area contributed by atoms with Crippen molar-refractivity contribution < 1.29 is 33.0 Å². The molecule has 2 spiro atoms. The van der Waals surface area contributed by atoms with Crippen molar-refractivity contribution in [3.8, 4) is 23.0 Å². The van der Waals surface area contributed by atoms with Gasteiger partial charge in [0.05, 0.1) is 24.2 Å². The molecule has 3 aromatic heterocycles. The number of benzene rings is 3. The van der Waals surface area contributed by atoms with Crippen LogP contribution < -0.4 is 20.5 Å². The van der Waals surface area contributed by atoms with Gasteiger partial charge < -0.3 is 33.8 Å². The van der Waals surface area contributed by atoms with Crippen LogP contribution in [0.4, 0.5) is 14.6 Å². The zero-order valence-electron chi connectivity index (χ0n) is 42.1. The van der Waals surface area contributed by atoms with Crippen LogP contribution in [0.5, 0.6) is 11.8 Å². The number of ether oxygens (including phenoxy) is 2. The smallest absolute Gasteiger partial charge is 0.319 e. The van der Waals surface area contributed by atoms with Crippen molar-refractivity contribution in [2.75, 3.05) is 63.9 Å². The summed E-state index contributed by atoms with van der Waals surface area (Å²) in [5.74, 6) is -0.826. The highest BCUT2D eigenvalue weighted by Gasteiger charge is 2.51. The molecule has 74 heavy (non-hydrogen) atoms. The van der Waals surface area contributed by atoms with Gasteiger partial charge in [-0.05, 0) is 172 Å². The molecule has 0 bridgehead atoms. The first-order chi connectivity index (χ1) is 35.9. The quantitative estimate of drug-likeness (QED) is 0.119. The Bertz CT molecular complexity index is 3300. The Morgan fingerprint density at radius 2 is 1.69 bits per heavy atom. The summed E-state index contributed by atoms with van der Waals surface area (Å²) in [7, 11) is 0. The minimum Gasteiger partial charge on any atom is -0.508 e. The summed E-state index contributed by atoms with van der Waals surface area (Å²) in [6.07, 6.45) is 16.3. The lowest BCUT2D eigenvalue weighted by Crippen LogP contribution is -2.56. The van der Waals surface area contributed by atoms with E-state index in [9.17, 15) is 19.5 Å². The van der Waals surface area contributed by atoms with Gasteiger partial charge in [0, 0.05) is 67.3 Å². The second-order valence-corrected chi connectivity index (χ2v) is 23.1. The highest BCUT2D eigenvalue weighted by Crippen LogP contribution is 2.54. The van der Waals surface area contributed by atoms with Gasteiger partial charge in [0.2, 0.25) is 11.8 Å². The number of nitrogens with one attached hydrogen (secondary N) is 1. The number of carbonyl (C=O) groups is 2. The number of rotatable bonds is 11. The molecule has 8 heterocycles. The van der Waals surface area contributed by atoms with Gasteiger partial charge in [-0.15, -0.1) is 0 Å². The Morgan fingerprint density at radius 1 is 0.878 bits per heavy atom. The van der Waals surface area contributed by atoms with Crippen LogP contribution in [0.25, 0.3) is 43.7 Å². The number of phenols is 1. The molecule has 2 atom stereocenters. The molecule has 386 valence electrons. The van der Waals surface area contributed by atoms with E-state index in [-0.39, 0.29) is 51.9 Å². The van der Waals surface area contributed by atoms with Crippen LogP contribution in [0.15, 0.2) is 65.7 Å². The fourth-order valence-electron chi connectivity index (χ4n) is 13.9. The van der Waals surface area contributed by atoms with Crippen LogP contribution in [0.1, 0.15) is 113 Å². The molecule has 5 saturated heterocycles. The number of halogens is 2. The minimum atomic E-state index is -0.668. The van der Waals surface area contributed by atoms with Crippen molar-refractivity contribution in [2.45, 2.75) is 120 Å². The number of carbonyl (C=O) groups excluding carboxylic acids is 2. The van der Waals surface area contributed by atoms with Crippen molar-refractivity contribution in [3.05, 3.63) is 94.0 Å². The Kier molecular flexibility index (Phi) is 11.8. The molecule has 6 aromatic rings. The maximum absolute atomic E-state index is 17.3. The lowest BCUT2D eigenvalue weighted by atomic mass is 9.59. The number of nitrogens with zero attached hydrogens (tertiary/aromatic N) is 7. The Hall–Kier alpha value is -6.10. The molecule has 7 fully saturated rings. The number of likely N-dealkylation sites (tertiary alicyclic amines) is 2. The average Bonchev–Trinajstić information content (AvgIpc) is 4.17. The normalized spacial score (nSPS) is 24.4. The Morgan fingerprint density at radius 3 is 2.43 bits per heavy atom. The first kappa shape index (κ1) is 47.6. The van der Waals surface area contributed by atoms with Crippen LogP contribution in [0, 0.1) is 22.5 Å². The zero-order chi connectivity index (χ0) is 50.5. The van der Waals surface area contributed by atoms with Crippen LogP contribution in [-0.4, -0.2) is 117 Å². The highest BCUT2D eigenvalue weighted by atomic mass is 19.1. The fraction of sp³-hybridized carbons (Fsp3) is 0.517. The number of hydrogen-bond acceptors (Lipinski definition) is 12. The second-order valence-electron chi connectivity index (χ2n) is 23.1. The van der Waals surface area contributed by atoms with Gasteiger partial charge in [0.25, 0.3) is 5.56 Å². The fourth-order valence-corrected chi connectivity index (χ4v) is 13.9. The SMILES string of the molecule is CCc1c(F)ccc2cc(O)cc(-c3ncc4c(N5CCC[C@]6(CCO6)C5)nc(OCC5(CN6CCC7(CC6)CC(N6CCC(c8ccc9c(=O)n(C%10CCC(=O)NC%10=O)ccc9c8)CC6)C7)CC5)nc4c3F)c12. The molecule has 2 saturated carbocycles. The van der Waals surface area contributed by atoms with Crippen LogP contribution >= 0.6 is 0 Å². The molecule has 14 nitrogen and oxygen atoms in total. The maximum Gasteiger partial charge on any atom is 0.319 e. The van der Waals surface area contributed by atoms with Crippen molar-refractivity contribution >= 4 is 50.1 Å². The van der Waals surface area contributed by atoms with E-state index < -0.39 is 23.6 Å². The highest BCUT2D eigenvalue weighted by molar-refractivity contribution is 6.02. The molecule has 2 amide bonds. The zero-order valence-corrected chi connectivity index (χ0v) is 42.1. The minimum absolute atomic E-state index is 0.0138. The van der Waals surface area contributed by atoms with Gasteiger partial charge in [-0.3, -0.25) is 24.7 Å². The molecule has 2 aliphatic carbocycles. The van der Waals surface area contributed by atoms with E-state index in [1.165, 1.54) is 47.9 Å². The number of amides is 2. The average molecular weight is 1010 g/mol. The van der Waals surface area contributed by atoms with E-state index in [0.717, 1.165) is 96.2 Å². The third-order valence-electron chi connectivity index (χ3n) is 18.5. The second kappa shape index (κ2) is 18.3. The van der Waals surface area contributed by atoms with Crippen LogP contribution in [-0.2, 0) is 20.7 Å². The third kappa shape index (κ3) is 8.48. The number of pyridine rings is 2. The van der Waals surface area contributed by atoms with Gasteiger partial charge in [-0.25, -0.2) is 8.78 Å². The van der Waals surface area contributed by atoms with E-state index >= 15 is 8.78 Å². The van der Waals surface area contributed by atoms with E-state index in [0.29, 0.717) is 81.9 Å². The monoisotopic (exact) mass is 1010 g/mol. The number of fused-ring (bicyclic) bond motifs is 3. The predicted octanol–water partition coefficient (Wildman–Crippen LogP) is 8.73. The van der Waals surface area contributed by atoms with Gasteiger partial charge in [0.1, 0.15) is 34.6 Å². The molecular weight excluding hydrogens is 943 g/mol. The molecule has 5 aliphatic heterocycles. The number of piperidine rings is 4. The standard InChI is InChI=1S/C58H64F2N8O6/c1-2-41-45(59)7-5-38-27-40(69)28-43(48(38)41)50-49(60)51-44(31-61-50)52(67-19-3-13-58(33-67)18-25-74-58)64-55(63-51)73-34-57(14-15-57)32-65-23-16-56(17-24-65)29-39(30-56)66-20-10-35(11-21-66)36-4-6-42-37(26-36)12-22-68(54(42)72)46-8-9-47(70)62-53(46)71/h4-7,12,22,26-28,31,35,39,46,69H,2-3,8-11,13-21,23-25,29-30,32-34H2,1H3,(H,62,70,71)/t46?,58-/m0/s1. The summed E-state index contributed by atoms with van der Waals surface area (Å²) in [6.45, 7) is 9.62. The van der Waals surface area contributed by atoms with Crippen LogP contribution in [0.3, 0.4) is 0 Å². The van der Waals surface area contributed by atoms with E-state index in [4.69, 9.17) is 19.4 Å². The topological polar surface area (TPSA) is 155 Å². The predicted molar refractivity (Wildman–Crippen MR) is 277 cm³/mol. The van der Waals surface area contributed by atoms with Gasteiger partial charge in [-0.2, -0.15) is 9.97 Å². The summed E-state index contributed by atoms with van der Waals surface area (Å²) < 4.78 is 46.7. The molecule has 3 aromatic carbocycles. The van der Waals surface area contributed by atoms with Crippen LogP contribution in [0.2, 0.25) is 0 Å². The number of hydrogen-bond donors (Lipinski definition) is 2. The number of aromatic hydroxyl groups is 1. The third-order valence-corrected chi connectivity index (χ3v) is 18.5. The summed E-state index contributed by atoms with van der Waals surface area (Å²) in [4.78, 5) is 59.6. The van der Waals surface area contributed by atoms with Crippen molar-refractivity contribution in [1.29, 1.82) is 0 Å². The number of anilines is 1. The van der Waals surface area contributed by atoms with Gasteiger partial charge in [-0.1, -0.05) is 25.1 Å². The maximum atomic E-state index is 17.3. The Balaban J connectivity index is 0.650. The molecule has 1 unspecified atom stereocenters. The van der Waals surface area contributed by atoms with Crippen molar-refractivity contribution in [2.24, 2.45) is 10.8 Å². The lowest BCUT2D eigenvalue weighted by Gasteiger charge is -2.56. The summed E-state index contributed by atoms with van der Waals surface area (Å²) in [5.41, 5.74) is 2.02. The number of imide groups is 1. The molecule has 0 radical (unpaired) electrons. The van der Waals surface area contributed by atoms with Crippen molar-refractivity contribution in [1.82, 2.24) is 34.6 Å². The molecule has 16 heteroatoms. The van der Waals surface area contributed by atoms with E-state index in [1.807, 2.05) is 19.1 Å². The summed E-state index contributed by atoms with van der Waals surface area (Å²) in [6, 6.07) is 14.2. The summed E-state index contributed by atoms with van der Waals surface area (Å²) in [5, 5.41) is 16.2. The molecule has 7 aliphatic rings. The summed E-state index contributed by atoms with van der Waals surface area (Å²) >= 11 is 0. The van der Waals surface area contributed by atoms with E-state index in [2.05, 4.69) is 37.1 Å². The van der Waals surface area contributed by atoms with Gasteiger partial charge in [0.15, 0.2) is 5.82 Å². The van der Waals surface area contributed by atoms with Crippen molar-refractivity contribution in [3.63, 3.8) is 0 Å². The molecule has 2 N–H and O–H groups in total. The number of aromatic nitrogens is 4. The first-order valence-electron chi connectivity index (χ1n) is 27.1.